The molecule has 0 bridgehead atoms. The smallest absolute Gasteiger partial charge is 0.306 e. The molecule has 0 aromatic heterocycles. The molecule has 0 aromatic carbocycles. The van der Waals surface area contributed by atoms with Crippen LogP contribution in [0.25, 0.3) is 0 Å². The number of amides is 1. The Morgan fingerprint density at radius 3 is 1.42 bits per heavy atom. The van der Waals surface area contributed by atoms with Crippen LogP contribution in [-0.2, 0) is 27.9 Å². The van der Waals surface area contributed by atoms with Crippen LogP contribution in [-0.4, -0.2) is 69.4 Å². The SMILES string of the molecule is CC/C=C/C=C/C=C/CCCCCCCCCC(=O)NC(COP(=O)([O-])OCC[N+](C)(C)C)C(/C=C/CCCCCCCCCCCCC)OC(=O)CCCCCCCCCCCCCCC. The van der Waals surface area contributed by atoms with Crippen molar-refractivity contribution in [1.29, 1.82) is 0 Å². The second-order valence-electron chi connectivity index (χ2n) is 20.1. The van der Waals surface area contributed by atoms with Crippen LogP contribution in [0.4, 0.5) is 0 Å². The van der Waals surface area contributed by atoms with Gasteiger partial charge in [0.15, 0.2) is 0 Å². The fraction of sp³-hybridized carbons (Fsp3) is 0.825. The molecule has 0 spiro atoms. The summed E-state index contributed by atoms with van der Waals surface area (Å²) < 4.78 is 30.2. The Bertz CT molecular complexity index is 1290. The first-order valence-electron chi connectivity index (χ1n) is 28.0. The van der Waals surface area contributed by atoms with Crippen molar-refractivity contribution in [3.8, 4) is 0 Å². The molecule has 0 aromatic rings. The van der Waals surface area contributed by atoms with E-state index in [0.717, 1.165) is 77.0 Å². The van der Waals surface area contributed by atoms with Crippen LogP contribution in [0.3, 0.4) is 0 Å². The number of carbonyl (C=O) groups excluding carboxylic acids is 2. The van der Waals surface area contributed by atoms with E-state index in [9.17, 15) is 19.0 Å². The van der Waals surface area contributed by atoms with E-state index < -0.39 is 26.6 Å². The van der Waals surface area contributed by atoms with Crippen molar-refractivity contribution in [2.24, 2.45) is 0 Å². The zero-order chi connectivity index (χ0) is 49.4. The first-order chi connectivity index (χ1) is 32.4. The topological polar surface area (TPSA) is 114 Å². The van der Waals surface area contributed by atoms with Crippen molar-refractivity contribution in [1.82, 2.24) is 5.32 Å². The number of quaternary nitrogens is 1. The Morgan fingerprint density at radius 2 is 0.955 bits per heavy atom. The number of unbranched alkanes of at least 4 members (excludes halogenated alkanes) is 30. The van der Waals surface area contributed by atoms with Gasteiger partial charge in [0.25, 0.3) is 7.82 Å². The number of likely N-dealkylation sites (N-methyl/N-ethyl adjacent to an activating group) is 1. The number of phosphoric ester groups is 1. The van der Waals surface area contributed by atoms with Crippen molar-refractivity contribution < 1.29 is 37.3 Å². The summed E-state index contributed by atoms with van der Waals surface area (Å²) in [5.74, 6) is -0.550. The number of esters is 1. The minimum Gasteiger partial charge on any atom is -0.756 e. The van der Waals surface area contributed by atoms with Crippen LogP contribution < -0.4 is 10.2 Å². The van der Waals surface area contributed by atoms with Crippen molar-refractivity contribution >= 4 is 19.7 Å². The highest BCUT2D eigenvalue weighted by atomic mass is 31.2. The van der Waals surface area contributed by atoms with Gasteiger partial charge in [-0.15, -0.1) is 0 Å². The second kappa shape index (κ2) is 47.6. The van der Waals surface area contributed by atoms with Gasteiger partial charge >= 0.3 is 5.97 Å². The molecule has 0 aliphatic heterocycles. The normalized spacial score (nSPS) is 14.2. The molecule has 3 unspecified atom stereocenters. The summed E-state index contributed by atoms with van der Waals surface area (Å²) >= 11 is 0. The van der Waals surface area contributed by atoms with Crippen LogP contribution in [0.2, 0.25) is 0 Å². The number of rotatable bonds is 50. The maximum atomic E-state index is 13.5. The summed E-state index contributed by atoms with van der Waals surface area (Å²) in [7, 11) is 1.18. The summed E-state index contributed by atoms with van der Waals surface area (Å²) in [6, 6.07) is -0.890. The quantitative estimate of drug-likeness (QED) is 0.0161. The van der Waals surface area contributed by atoms with Crippen LogP contribution in [0, 0.1) is 0 Å². The molecular formula is C57H107N2O7P. The molecule has 0 aliphatic carbocycles. The Morgan fingerprint density at radius 1 is 0.537 bits per heavy atom. The Kier molecular flexibility index (Phi) is 46.2. The van der Waals surface area contributed by atoms with Gasteiger partial charge in [0.2, 0.25) is 5.91 Å². The van der Waals surface area contributed by atoms with Gasteiger partial charge in [0.1, 0.15) is 19.3 Å². The van der Waals surface area contributed by atoms with E-state index in [4.69, 9.17) is 13.8 Å². The maximum Gasteiger partial charge on any atom is 0.306 e. The number of phosphoric acid groups is 1. The number of nitrogens with one attached hydrogen (secondary N) is 1. The van der Waals surface area contributed by atoms with E-state index in [2.05, 4.69) is 62.5 Å². The highest BCUT2D eigenvalue weighted by molar-refractivity contribution is 7.45. The molecule has 0 rings (SSSR count). The lowest BCUT2D eigenvalue weighted by Crippen LogP contribution is -2.47. The van der Waals surface area contributed by atoms with Gasteiger partial charge in [0, 0.05) is 12.8 Å². The molecule has 10 heteroatoms. The first kappa shape index (κ1) is 65.0. The average molecular weight is 963 g/mol. The summed E-state index contributed by atoms with van der Waals surface area (Å²) in [6.45, 7) is 6.71. The fourth-order valence-electron chi connectivity index (χ4n) is 7.99. The maximum absolute atomic E-state index is 13.5. The van der Waals surface area contributed by atoms with E-state index in [1.165, 1.54) is 141 Å². The summed E-state index contributed by atoms with van der Waals surface area (Å²) in [5, 5.41) is 3.01. The van der Waals surface area contributed by atoms with E-state index in [1.807, 2.05) is 33.3 Å². The van der Waals surface area contributed by atoms with Crippen molar-refractivity contribution in [3.63, 3.8) is 0 Å². The molecule has 0 radical (unpaired) electrons. The number of carbonyl (C=O) groups is 2. The first-order valence-corrected chi connectivity index (χ1v) is 29.4. The summed E-state index contributed by atoms with van der Waals surface area (Å²) in [5.41, 5.74) is 0. The molecule has 67 heavy (non-hydrogen) atoms. The summed E-state index contributed by atoms with van der Waals surface area (Å²) in [4.78, 5) is 39.8. The van der Waals surface area contributed by atoms with E-state index >= 15 is 0 Å². The molecule has 0 saturated heterocycles. The molecular weight excluding hydrogens is 856 g/mol. The zero-order valence-corrected chi connectivity index (χ0v) is 45.5. The number of hydrogen-bond acceptors (Lipinski definition) is 7. The number of ether oxygens (including phenoxy) is 1. The highest BCUT2D eigenvalue weighted by Gasteiger charge is 2.27. The van der Waals surface area contributed by atoms with Gasteiger partial charge in [-0.3, -0.25) is 14.2 Å². The van der Waals surface area contributed by atoms with Crippen molar-refractivity contribution in [2.75, 3.05) is 40.9 Å². The molecule has 9 nitrogen and oxygen atoms in total. The van der Waals surface area contributed by atoms with Crippen LogP contribution in [0.5, 0.6) is 0 Å². The molecule has 0 saturated carbocycles. The number of hydrogen-bond donors (Lipinski definition) is 1. The predicted molar refractivity (Wildman–Crippen MR) is 284 cm³/mol. The Hall–Kier alpha value is -2.03. The molecule has 392 valence electrons. The second-order valence-corrected chi connectivity index (χ2v) is 21.5. The highest BCUT2D eigenvalue weighted by Crippen LogP contribution is 2.38. The van der Waals surface area contributed by atoms with Crippen molar-refractivity contribution in [3.05, 3.63) is 48.6 Å². The zero-order valence-electron chi connectivity index (χ0n) is 44.6. The van der Waals surface area contributed by atoms with Crippen LogP contribution in [0.15, 0.2) is 48.6 Å². The molecule has 3 atom stereocenters. The van der Waals surface area contributed by atoms with Gasteiger partial charge in [-0.05, 0) is 51.0 Å². The number of allylic oxidation sites excluding steroid dienone is 7. The molecule has 0 fully saturated rings. The Labute approximate surface area is 414 Å². The van der Waals surface area contributed by atoms with Crippen LogP contribution >= 0.6 is 7.82 Å². The third kappa shape index (κ3) is 48.8. The van der Waals surface area contributed by atoms with Crippen LogP contribution in [0.1, 0.15) is 252 Å². The fourth-order valence-corrected chi connectivity index (χ4v) is 8.72. The van der Waals surface area contributed by atoms with Gasteiger partial charge in [-0.2, -0.15) is 0 Å². The average Bonchev–Trinajstić information content (AvgIpc) is 3.28. The van der Waals surface area contributed by atoms with E-state index in [-0.39, 0.29) is 24.9 Å². The lowest BCUT2D eigenvalue weighted by atomic mass is 10.0. The lowest BCUT2D eigenvalue weighted by Gasteiger charge is -2.30. The third-order valence-corrected chi connectivity index (χ3v) is 13.3. The summed E-state index contributed by atoms with van der Waals surface area (Å²) in [6.07, 6.45) is 56.4. The molecule has 0 aliphatic rings. The van der Waals surface area contributed by atoms with Crippen molar-refractivity contribution in [2.45, 2.75) is 264 Å². The standard InChI is InChI=1S/C57H107N2O7P/c1-7-10-13-16-19-22-25-28-29-32-34-37-40-43-46-49-56(60)58-54(53-65-67(62,63)64-52-51-59(4,5)6)55(48-45-42-39-36-33-30-26-23-20-17-14-11-8-2)66-57(61)50-47-44-41-38-35-31-27-24-21-18-15-12-9-3/h10,13,16,19,22,25,45,48,54-55H,7-9,11-12,14-15,17-18,20-21,23-24,26-44,46-47,49-53H2,1-6H3,(H-,58,60,62,63)/b13-10+,19-16+,25-22+,48-45+. The molecule has 1 amide bonds. The third-order valence-electron chi connectivity index (χ3n) is 12.3. The molecule has 0 heterocycles. The Balaban J connectivity index is 5.40. The molecule has 1 N–H and O–H groups in total. The van der Waals surface area contributed by atoms with Gasteiger partial charge in [-0.1, -0.05) is 237 Å². The van der Waals surface area contributed by atoms with Gasteiger partial charge in [-0.25, -0.2) is 0 Å². The minimum atomic E-state index is -4.69. The monoisotopic (exact) mass is 963 g/mol. The van der Waals surface area contributed by atoms with Gasteiger partial charge < -0.3 is 28.5 Å². The predicted octanol–water partition coefficient (Wildman–Crippen LogP) is 15.9. The number of nitrogens with zero attached hydrogens (tertiary/aromatic N) is 1. The van der Waals surface area contributed by atoms with E-state index in [1.54, 1.807) is 0 Å². The largest absolute Gasteiger partial charge is 0.756 e. The van der Waals surface area contributed by atoms with E-state index in [0.29, 0.717) is 17.4 Å². The minimum absolute atomic E-state index is 0.0243. The lowest BCUT2D eigenvalue weighted by molar-refractivity contribution is -0.870. The van der Waals surface area contributed by atoms with Gasteiger partial charge in [0.05, 0.1) is 33.8 Å².